The Labute approximate surface area is 127 Å². The molecular weight excluding hydrogens is 286 g/mol. The number of hydrogen-bond acceptors (Lipinski definition) is 3. The SMILES string of the molecule is O=S(=O)(N1CCCC1)N1CCCC(Cc2ccccn2)C1. The number of hydrogen-bond donors (Lipinski definition) is 0. The first-order valence-electron chi connectivity index (χ1n) is 7.81. The van der Waals surface area contributed by atoms with E-state index >= 15 is 0 Å². The van der Waals surface area contributed by atoms with Crippen molar-refractivity contribution in [2.75, 3.05) is 26.2 Å². The fourth-order valence-electron chi connectivity index (χ4n) is 3.30. The van der Waals surface area contributed by atoms with Crippen molar-refractivity contribution in [3.63, 3.8) is 0 Å². The molecule has 2 fully saturated rings. The van der Waals surface area contributed by atoms with Crippen molar-refractivity contribution >= 4 is 10.2 Å². The van der Waals surface area contributed by atoms with Gasteiger partial charge in [0.05, 0.1) is 0 Å². The Hall–Kier alpha value is -0.980. The van der Waals surface area contributed by atoms with Crippen molar-refractivity contribution < 1.29 is 8.42 Å². The number of piperidine rings is 1. The van der Waals surface area contributed by atoms with E-state index < -0.39 is 10.2 Å². The number of nitrogens with zero attached hydrogens (tertiary/aromatic N) is 3. The molecule has 0 saturated carbocycles. The van der Waals surface area contributed by atoms with Crippen LogP contribution in [0.4, 0.5) is 0 Å². The van der Waals surface area contributed by atoms with Gasteiger partial charge in [-0.05, 0) is 50.2 Å². The van der Waals surface area contributed by atoms with Gasteiger partial charge < -0.3 is 0 Å². The highest BCUT2D eigenvalue weighted by atomic mass is 32.2. The average molecular weight is 309 g/mol. The summed E-state index contributed by atoms with van der Waals surface area (Å²) in [5, 5.41) is 0. The van der Waals surface area contributed by atoms with Gasteiger partial charge in [-0.1, -0.05) is 6.07 Å². The topological polar surface area (TPSA) is 53.5 Å². The summed E-state index contributed by atoms with van der Waals surface area (Å²) in [4.78, 5) is 4.36. The molecule has 0 amide bonds. The third-order valence-electron chi connectivity index (χ3n) is 4.42. The van der Waals surface area contributed by atoms with E-state index in [9.17, 15) is 8.42 Å². The van der Waals surface area contributed by atoms with E-state index in [0.29, 0.717) is 32.1 Å². The average Bonchev–Trinajstić information content (AvgIpc) is 3.04. The lowest BCUT2D eigenvalue weighted by atomic mass is 9.94. The normalized spacial score (nSPS) is 25.2. The minimum absolute atomic E-state index is 0.381. The van der Waals surface area contributed by atoms with Crippen LogP contribution in [-0.4, -0.2) is 48.2 Å². The number of aromatic nitrogens is 1. The molecule has 0 aliphatic carbocycles. The summed E-state index contributed by atoms with van der Waals surface area (Å²) >= 11 is 0. The third-order valence-corrected chi connectivity index (χ3v) is 6.43. The first-order valence-corrected chi connectivity index (χ1v) is 9.21. The molecule has 3 heterocycles. The Bertz CT molecular complexity index is 556. The number of rotatable bonds is 4. The van der Waals surface area contributed by atoms with Crippen molar-refractivity contribution in [2.24, 2.45) is 5.92 Å². The molecule has 3 rings (SSSR count). The molecule has 5 nitrogen and oxygen atoms in total. The van der Waals surface area contributed by atoms with E-state index in [-0.39, 0.29) is 0 Å². The second-order valence-corrected chi connectivity index (χ2v) is 7.93. The van der Waals surface area contributed by atoms with Crippen LogP contribution in [0.1, 0.15) is 31.4 Å². The van der Waals surface area contributed by atoms with Gasteiger partial charge in [0, 0.05) is 38.1 Å². The predicted molar refractivity (Wildman–Crippen MR) is 82.0 cm³/mol. The van der Waals surface area contributed by atoms with Gasteiger partial charge >= 0.3 is 0 Å². The summed E-state index contributed by atoms with van der Waals surface area (Å²) in [6.45, 7) is 2.67. The Balaban J connectivity index is 1.65. The van der Waals surface area contributed by atoms with Gasteiger partial charge in [-0.15, -0.1) is 0 Å². The Kier molecular flexibility index (Phi) is 4.57. The predicted octanol–water partition coefficient (Wildman–Crippen LogP) is 1.68. The summed E-state index contributed by atoms with van der Waals surface area (Å²) in [5.74, 6) is 0.381. The van der Waals surface area contributed by atoms with E-state index in [1.807, 2.05) is 18.2 Å². The van der Waals surface area contributed by atoms with Crippen LogP contribution in [0.2, 0.25) is 0 Å². The lowest BCUT2D eigenvalue weighted by Gasteiger charge is -2.34. The van der Waals surface area contributed by atoms with Gasteiger partial charge in [0.2, 0.25) is 0 Å². The Morgan fingerprint density at radius 3 is 2.57 bits per heavy atom. The lowest BCUT2D eigenvalue weighted by Crippen LogP contribution is -2.47. The van der Waals surface area contributed by atoms with Crippen LogP contribution < -0.4 is 0 Å². The zero-order valence-electron chi connectivity index (χ0n) is 12.3. The molecule has 2 saturated heterocycles. The maximum atomic E-state index is 12.6. The monoisotopic (exact) mass is 309 g/mol. The minimum Gasteiger partial charge on any atom is -0.261 e. The fourth-order valence-corrected chi connectivity index (χ4v) is 5.11. The molecule has 116 valence electrons. The van der Waals surface area contributed by atoms with Crippen LogP contribution in [0.5, 0.6) is 0 Å². The zero-order chi connectivity index (χ0) is 14.7. The highest BCUT2D eigenvalue weighted by molar-refractivity contribution is 7.86. The van der Waals surface area contributed by atoms with Crippen molar-refractivity contribution in [3.05, 3.63) is 30.1 Å². The van der Waals surface area contributed by atoms with Crippen LogP contribution >= 0.6 is 0 Å². The molecule has 6 heteroatoms. The van der Waals surface area contributed by atoms with Gasteiger partial charge in [0.25, 0.3) is 10.2 Å². The molecule has 0 radical (unpaired) electrons. The summed E-state index contributed by atoms with van der Waals surface area (Å²) in [6.07, 6.45) is 6.69. The van der Waals surface area contributed by atoms with Crippen LogP contribution in [0.25, 0.3) is 0 Å². The second kappa shape index (κ2) is 6.42. The maximum Gasteiger partial charge on any atom is 0.281 e. The summed E-state index contributed by atoms with van der Waals surface area (Å²) in [5.41, 5.74) is 1.06. The molecule has 0 bridgehead atoms. The van der Waals surface area contributed by atoms with Crippen LogP contribution in [0, 0.1) is 5.92 Å². The second-order valence-electron chi connectivity index (χ2n) is 6.01. The van der Waals surface area contributed by atoms with Gasteiger partial charge in [-0.25, -0.2) is 0 Å². The quantitative estimate of drug-likeness (QED) is 0.850. The Morgan fingerprint density at radius 1 is 1.10 bits per heavy atom. The van der Waals surface area contributed by atoms with E-state index in [0.717, 1.165) is 37.8 Å². The highest BCUT2D eigenvalue weighted by Crippen LogP contribution is 2.25. The molecular formula is C15H23N3O2S. The standard InChI is InChI=1S/C15H23N3O2S/c19-21(20,17-9-3-4-10-17)18-11-5-6-14(13-18)12-15-7-1-2-8-16-15/h1-2,7-8,14H,3-6,9-13H2. The van der Waals surface area contributed by atoms with Crippen molar-refractivity contribution in [1.29, 1.82) is 0 Å². The van der Waals surface area contributed by atoms with Crippen molar-refractivity contribution in [1.82, 2.24) is 13.6 Å². The van der Waals surface area contributed by atoms with Crippen LogP contribution in [0.3, 0.4) is 0 Å². The van der Waals surface area contributed by atoms with E-state index in [1.54, 1.807) is 14.8 Å². The first-order chi connectivity index (χ1) is 10.2. The van der Waals surface area contributed by atoms with E-state index in [2.05, 4.69) is 4.98 Å². The summed E-state index contributed by atoms with van der Waals surface area (Å²) in [7, 11) is -3.24. The summed E-state index contributed by atoms with van der Waals surface area (Å²) in [6, 6.07) is 5.92. The van der Waals surface area contributed by atoms with Gasteiger partial charge in [0.15, 0.2) is 0 Å². The van der Waals surface area contributed by atoms with E-state index in [1.165, 1.54) is 0 Å². The van der Waals surface area contributed by atoms with Gasteiger partial charge in [-0.3, -0.25) is 4.98 Å². The molecule has 1 aromatic heterocycles. The van der Waals surface area contributed by atoms with E-state index in [4.69, 9.17) is 0 Å². The fraction of sp³-hybridized carbons (Fsp3) is 0.667. The first kappa shape index (κ1) is 14.9. The van der Waals surface area contributed by atoms with Gasteiger partial charge in [-0.2, -0.15) is 17.0 Å². The van der Waals surface area contributed by atoms with Crippen molar-refractivity contribution in [3.8, 4) is 0 Å². The minimum atomic E-state index is -3.24. The third kappa shape index (κ3) is 3.44. The Morgan fingerprint density at radius 2 is 1.86 bits per heavy atom. The highest BCUT2D eigenvalue weighted by Gasteiger charge is 2.34. The van der Waals surface area contributed by atoms with Crippen LogP contribution in [-0.2, 0) is 16.6 Å². The molecule has 0 aromatic carbocycles. The molecule has 1 unspecified atom stereocenters. The smallest absolute Gasteiger partial charge is 0.261 e. The lowest BCUT2D eigenvalue weighted by molar-refractivity contribution is 0.249. The molecule has 0 spiro atoms. The van der Waals surface area contributed by atoms with Crippen LogP contribution in [0.15, 0.2) is 24.4 Å². The molecule has 1 aromatic rings. The molecule has 2 aliphatic heterocycles. The molecule has 1 atom stereocenters. The van der Waals surface area contributed by atoms with Gasteiger partial charge in [0.1, 0.15) is 0 Å². The zero-order valence-corrected chi connectivity index (χ0v) is 13.1. The largest absolute Gasteiger partial charge is 0.281 e. The summed E-state index contributed by atoms with van der Waals surface area (Å²) < 4.78 is 28.6. The number of pyridine rings is 1. The maximum absolute atomic E-state index is 12.6. The molecule has 21 heavy (non-hydrogen) atoms. The molecule has 2 aliphatic rings. The molecule has 0 N–H and O–H groups in total. The van der Waals surface area contributed by atoms with Crippen molar-refractivity contribution in [2.45, 2.75) is 32.1 Å².